The van der Waals surface area contributed by atoms with E-state index in [0.717, 1.165) is 76.8 Å². The lowest BCUT2D eigenvalue weighted by Crippen LogP contribution is -2.42. The number of aryl methyl sites for hydroxylation is 2. The van der Waals surface area contributed by atoms with Gasteiger partial charge in [0.05, 0.1) is 5.52 Å². The maximum Gasteiger partial charge on any atom is 0.253 e. The van der Waals surface area contributed by atoms with Gasteiger partial charge < -0.3 is 20.1 Å². The summed E-state index contributed by atoms with van der Waals surface area (Å²) < 4.78 is 0. The smallest absolute Gasteiger partial charge is 0.253 e. The molecule has 0 aliphatic heterocycles. The van der Waals surface area contributed by atoms with Crippen molar-refractivity contribution in [2.45, 2.75) is 72.0 Å². The summed E-state index contributed by atoms with van der Waals surface area (Å²) >= 11 is 0. The normalized spacial score (nSPS) is 17.0. The number of aromatic amines is 1. The Morgan fingerprint density at radius 3 is 2.40 bits per heavy atom. The number of carbonyl (C=O) groups excluding carboxylic acids is 1. The molecule has 2 N–H and O–H groups in total. The van der Waals surface area contributed by atoms with Crippen LogP contribution < -0.4 is 15.8 Å². The lowest BCUT2D eigenvalue weighted by atomic mass is 9.88. The summed E-state index contributed by atoms with van der Waals surface area (Å²) in [5.41, 5.74) is 7.64. The van der Waals surface area contributed by atoms with Gasteiger partial charge in [-0.1, -0.05) is 24.3 Å². The molecule has 1 aliphatic carbocycles. The van der Waals surface area contributed by atoms with Crippen LogP contribution in [0.25, 0.3) is 22.0 Å². The first-order valence-electron chi connectivity index (χ1n) is 15.1. The van der Waals surface area contributed by atoms with Gasteiger partial charge in [0.1, 0.15) is 0 Å². The summed E-state index contributed by atoms with van der Waals surface area (Å²) in [5, 5.41) is 4.12. The zero-order valence-electron chi connectivity index (χ0n) is 25.8. The molecule has 1 fully saturated rings. The minimum atomic E-state index is -0.185. The summed E-state index contributed by atoms with van der Waals surface area (Å²) in [6.45, 7) is 9.05. The number of nitrogens with zero attached hydrogens (tertiary/aromatic N) is 3. The Morgan fingerprint density at radius 2 is 1.71 bits per heavy atom. The molecule has 220 valence electrons. The fraction of sp³-hybridized carbons (Fsp3) is 0.400. The molecule has 1 amide bonds. The van der Waals surface area contributed by atoms with Crippen molar-refractivity contribution < 1.29 is 4.79 Å². The fourth-order valence-corrected chi connectivity index (χ4v) is 6.60. The van der Waals surface area contributed by atoms with Crippen molar-refractivity contribution in [3.8, 4) is 11.1 Å². The third-order valence-corrected chi connectivity index (χ3v) is 8.98. The Labute approximate surface area is 249 Å². The van der Waals surface area contributed by atoms with E-state index in [9.17, 15) is 9.59 Å². The topological polar surface area (TPSA) is 81.3 Å². The molecule has 5 rings (SSSR count). The van der Waals surface area contributed by atoms with Gasteiger partial charge in [0.2, 0.25) is 0 Å². The molecule has 2 heterocycles. The zero-order valence-corrected chi connectivity index (χ0v) is 25.8. The molecule has 4 aromatic rings. The molecular weight excluding hydrogens is 522 g/mol. The highest BCUT2D eigenvalue weighted by Crippen LogP contribution is 2.37. The van der Waals surface area contributed by atoms with Gasteiger partial charge >= 0.3 is 0 Å². The van der Waals surface area contributed by atoms with Crippen LogP contribution in [0.4, 0.5) is 5.69 Å². The van der Waals surface area contributed by atoms with Crippen molar-refractivity contribution >= 4 is 22.5 Å². The molecule has 0 radical (unpaired) electrons. The third kappa shape index (κ3) is 5.97. The highest BCUT2D eigenvalue weighted by molar-refractivity contribution is 6.01. The van der Waals surface area contributed by atoms with Crippen LogP contribution in [0.2, 0.25) is 0 Å². The number of pyridine rings is 2. The second-order valence-corrected chi connectivity index (χ2v) is 11.9. The number of carbonyl (C=O) groups is 1. The lowest BCUT2D eigenvalue weighted by Gasteiger charge is -2.40. The second-order valence-electron chi connectivity index (χ2n) is 11.9. The molecule has 7 nitrogen and oxygen atoms in total. The summed E-state index contributed by atoms with van der Waals surface area (Å²) in [4.78, 5) is 38.9. The molecule has 1 aliphatic rings. The third-order valence-electron chi connectivity index (χ3n) is 8.98. The van der Waals surface area contributed by atoms with Crippen LogP contribution >= 0.6 is 0 Å². The molecule has 0 unspecified atom stereocenters. The second kappa shape index (κ2) is 12.5. The Morgan fingerprint density at radius 1 is 1.00 bits per heavy atom. The Bertz CT molecular complexity index is 1640. The van der Waals surface area contributed by atoms with Crippen molar-refractivity contribution in [2.75, 3.05) is 25.5 Å². The predicted octanol–water partition coefficient (Wildman–Crippen LogP) is 6.14. The summed E-state index contributed by atoms with van der Waals surface area (Å²) in [6.07, 6.45) is 6.38. The maximum absolute atomic E-state index is 13.9. The van der Waals surface area contributed by atoms with Gasteiger partial charge in [-0.2, -0.15) is 0 Å². The van der Waals surface area contributed by atoms with Gasteiger partial charge in [-0.25, -0.2) is 0 Å². The zero-order chi connectivity index (χ0) is 30.0. The predicted molar refractivity (Wildman–Crippen MR) is 172 cm³/mol. The van der Waals surface area contributed by atoms with E-state index in [-0.39, 0.29) is 18.0 Å². The summed E-state index contributed by atoms with van der Waals surface area (Å²) in [6, 6.07) is 17.4. The number of aromatic nitrogens is 2. The number of fused-ring (bicyclic) bond motifs is 1. The SMILES string of the molecule is CCN(c1cc(-c2cccc3cccnc23)cc(C(=O)NCc2c(C)cc(C)[nH]c2=O)c1C)[C@H]1CC[C@H](N(C)C)CC1. The molecule has 0 saturated heterocycles. The van der Waals surface area contributed by atoms with Crippen LogP contribution in [0.3, 0.4) is 0 Å². The highest BCUT2D eigenvalue weighted by atomic mass is 16.1. The number of hydrogen-bond acceptors (Lipinski definition) is 5. The minimum Gasteiger partial charge on any atom is -0.369 e. The van der Waals surface area contributed by atoms with Gasteiger partial charge in [0.25, 0.3) is 11.5 Å². The molecular formula is C35H43N5O2. The van der Waals surface area contributed by atoms with Crippen LogP contribution in [-0.4, -0.2) is 53.5 Å². The molecule has 0 bridgehead atoms. The molecule has 2 aromatic carbocycles. The van der Waals surface area contributed by atoms with E-state index in [4.69, 9.17) is 4.98 Å². The maximum atomic E-state index is 13.9. The first kappa shape index (κ1) is 29.5. The average Bonchev–Trinajstić information content (AvgIpc) is 2.97. The van der Waals surface area contributed by atoms with Gasteiger partial charge in [-0.3, -0.25) is 14.6 Å². The van der Waals surface area contributed by atoms with Crippen molar-refractivity contribution in [1.29, 1.82) is 0 Å². The molecule has 1 saturated carbocycles. The van der Waals surface area contributed by atoms with E-state index in [1.54, 1.807) is 0 Å². The van der Waals surface area contributed by atoms with Crippen LogP contribution in [0.15, 0.2) is 59.5 Å². The number of rotatable bonds is 8. The number of H-pyrrole nitrogens is 1. The van der Waals surface area contributed by atoms with E-state index in [1.807, 2.05) is 51.2 Å². The molecule has 42 heavy (non-hydrogen) atoms. The van der Waals surface area contributed by atoms with Gasteiger partial charge in [-0.05, 0) is 108 Å². The monoisotopic (exact) mass is 565 g/mol. The first-order valence-corrected chi connectivity index (χ1v) is 15.1. The van der Waals surface area contributed by atoms with Crippen LogP contribution in [0, 0.1) is 20.8 Å². The Kier molecular flexibility index (Phi) is 8.78. The highest BCUT2D eigenvalue weighted by Gasteiger charge is 2.28. The van der Waals surface area contributed by atoms with Gasteiger partial charge in [0.15, 0.2) is 0 Å². The molecule has 0 spiro atoms. The number of nitrogens with one attached hydrogen (secondary N) is 2. The number of para-hydroxylation sites is 1. The average molecular weight is 566 g/mol. The van der Waals surface area contributed by atoms with Gasteiger partial charge in [-0.15, -0.1) is 0 Å². The van der Waals surface area contributed by atoms with Crippen molar-refractivity contribution in [1.82, 2.24) is 20.2 Å². The Hall–Kier alpha value is -3.97. The molecule has 0 atom stereocenters. The van der Waals surface area contributed by atoms with E-state index in [2.05, 4.69) is 65.4 Å². The molecule has 2 aromatic heterocycles. The summed E-state index contributed by atoms with van der Waals surface area (Å²) in [5.74, 6) is -0.185. The largest absolute Gasteiger partial charge is 0.369 e. The number of anilines is 1. The number of benzene rings is 2. The van der Waals surface area contributed by atoms with Crippen LogP contribution in [0.5, 0.6) is 0 Å². The first-order chi connectivity index (χ1) is 20.2. The lowest BCUT2D eigenvalue weighted by molar-refractivity contribution is 0.0950. The Balaban J connectivity index is 1.56. The van der Waals surface area contributed by atoms with Gasteiger partial charge in [0, 0.05) is 64.8 Å². The van der Waals surface area contributed by atoms with Crippen LogP contribution in [0.1, 0.15) is 65.3 Å². The van der Waals surface area contributed by atoms with Crippen molar-refractivity contribution in [3.63, 3.8) is 0 Å². The van der Waals surface area contributed by atoms with Crippen molar-refractivity contribution in [3.05, 3.63) is 93.0 Å². The molecule has 7 heteroatoms. The fourth-order valence-electron chi connectivity index (χ4n) is 6.60. The van der Waals surface area contributed by atoms with E-state index in [1.165, 1.54) is 0 Å². The number of hydrogen-bond donors (Lipinski definition) is 2. The number of amides is 1. The van der Waals surface area contributed by atoms with E-state index in [0.29, 0.717) is 23.2 Å². The minimum absolute atomic E-state index is 0.161. The van der Waals surface area contributed by atoms with Crippen LogP contribution in [-0.2, 0) is 6.54 Å². The van der Waals surface area contributed by atoms with E-state index >= 15 is 0 Å². The summed E-state index contributed by atoms with van der Waals surface area (Å²) in [7, 11) is 4.34. The van der Waals surface area contributed by atoms with E-state index < -0.39 is 0 Å². The quantitative estimate of drug-likeness (QED) is 0.268. The van der Waals surface area contributed by atoms with Crippen molar-refractivity contribution in [2.24, 2.45) is 0 Å². The standard InChI is InChI=1S/C35H43N5O2/c1-7-40(28-15-13-27(14-16-28)39(5)6)32-20-26(29-12-8-10-25-11-9-17-36-33(25)29)19-30(24(32)4)34(41)37-21-31-22(2)18-23(3)38-35(31)42/h8-12,17-20,27-28H,7,13-16,21H2,1-6H3,(H,37,41)(H,38,42)/t27-,28-.